The molecule has 5 nitrogen and oxygen atoms in total. The molecule has 0 aliphatic heterocycles. The fourth-order valence-electron chi connectivity index (χ4n) is 1.67. The molecule has 19 heavy (non-hydrogen) atoms. The predicted molar refractivity (Wildman–Crippen MR) is 77.2 cm³/mol. The van der Waals surface area contributed by atoms with Gasteiger partial charge in [-0.2, -0.15) is 0 Å². The molecule has 2 rings (SSSR count). The predicted octanol–water partition coefficient (Wildman–Crippen LogP) is 2.17. The molecule has 2 aromatic rings. The van der Waals surface area contributed by atoms with Crippen LogP contribution in [0.4, 0.5) is 0 Å². The van der Waals surface area contributed by atoms with E-state index in [2.05, 4.69) is 41.4 Å². The smallest absolute Gasteiger partial charge is 0.0965 e. The van der Waals surface area contributed by atoms with Gasteiger partial charge in [-0.3, -0.25) is 4.68 Å². The van der Waals surface area contributed by atoms with Gasteiger partial charge in [0.25, 0.3) is 0 Å². The molecule has 1 N–H and O–H groups in total. The van der Waals surface area contributed by atoms with Gasteiger partial charge in [0, 0.05) is 36.1 Å². The summed E-state index contributed by atoms with van der Waals surface area (Å²) in [5.74, 6) is 0. The minimum Gasteiger partial charge on any atom is -0.306 e. The first-order chi connectivity index (χ1) is 8.94. The molecule has 0 aliphatic carbocycles. The maximum Gasteiger partial charge on any atom is 0.0965 e. The topological polar surface area (TPSA) is 55.6 Å². The quantitative estimate of drug-likeness (QED) is 0.911. The summed E-state index contributed by atoms with van der Waals surface area (Å²) in [7, 11) is 0. The Hall–Kier alpha value is -1.27. The Balaban J connectivity index is 1.86. The van der Waals surface area contributed by atoms with Crippen molar-refractivity contribution in [3.05, 3.63) is 28.0 Å². The first-order valence-corrected chi connectivity index (χ1v) is 7.35. The van der Waals surface area contributed by atoms with Crippen molar-refractivity contribution < 1.29 is 0 Å². The Bertz CT molecular complexity index is 523. The van der Waals surface area contributed by atoms with Crippen LogP contribution in [0.25, 0.3) is 0 Å². The van der Waals surface area contributed by atoms with Gasteiger partial charge in [-0.1, -0.05) is 5.21 Å². The number of nitrogens with zero attached hydrogens (tertiary/aromatic N) is 4. The molecule has 0 unspecified atom stereocenters. The highest BCUT2D eigenvalue weighted by atomic mass is 32.1. The maximum atomic E-state index is 4.25. The molecular formula is C13H21N5S. The number of hydrogen-bond donors (Lipinski definition) is 1. The Kier molecular flexibility index (Phi) is 4.31. The van der Waals surface area contributed by atoms with E-state index in [1.54, 1.807) is 11.3 Å². The summed E-state index contributed by atoms with van der Waals surface area (Å²) >= 11 is 1.70. The molecule has 0 aromatic carbocycles. The number of aromatic nitrogens is 4. The highest BCUT2D eigenvalue weighted by molar-refractivity contribution is 7.09. The van der Waals surface area contributed by atoms with E-state index in [4.69, 9.17) is 0 Å². The van der Waals surface area contributed by atoms with Crippen molar-refractivity contribution in [2.45, 2.75) is 52.7 Å². The zero-order valence-corrected chi connectivity index (χ0v) is 12.8. The summed E-state index contributed by atoms with van der Waals surface area (Å²) in [4.78, 5) is 5.58. The average molecular weight is 279 g/mol. The van der Waals surface area contributed by atoms with Gasteiger partial charge >= 0.3 is 0 Å². The fourth-order valence-corrected chi connectivity index (χ4v) is 2.44. The molecule has 0 atom stereocenters. The van der Waals surface area contributed by atoms with Crippen LogP contribution in [0.2, 0.25) is 0 Å². The van der Waals surface area contributed by atoms with Crippen molar-refractivity contribution >= 4 is 11.3 Å². The lowest BCUT2D eigenvalue weighted by atomic mass is 10.1. The number of thiazole rings is 1. The van der Waals surface area contributed by atoms with Crippen LogP contribution in [0.15, 0.2) is 11.7 Å². The van der Waals surface area contributed by atoms with Crippen LogP contribution in [0.1, 0.15) is 37.0 Å². The molecule has 6 heteroatoms. The number of rotatable bonds is 5. The number of aryl methyl sites for hydroxylation is 3. The SMILES string of the molecule is Cc1ncsc1CCn1cc(CNC(C)(C)C)nn1. The van der Waals surface area contributed by atoms with Crippen LogP contribution in [0, 0.1) is 6.92 Å². The minimum atomic E-state index is 0.101. The Morgan fingerprint density at radius 2 is 2.16 bits per heavy atom. The minimum absolute atomic E-state index is 0.101. The fraction of sp³-hybridized carbons (Fsp3) is 0.615. The zero-order chi connectivity index (χ0) is 13.9. The summed E-state index contributed by atoms with van der Waals surface area (Å²) in [6, 6.07) is 0. The maximum absolute atomic E-state index is 4.25. The lowest BCUT2D eigenvalue weighted by Gasteiger charge is -2.19. The van der Waals surface area contributed by atoms with E-state index in [9.17, 15) is 0 Å². The average Bonchev–Trinajstić information content (AvgIpc) is 2.92. The van der Waals surface area contributed by atoms with Crippen LogP contribution in [0.5, 0.6) is 0 Å². The van der Waals surface area contributed by atoms with Gasteiger partial charge in [0.15, 0.2) is 0 Å². The van der Waals surface area contributed by atoms with E-state index >= 15 is 0 Å². The Labute approximate surface area is 118 Å². The molecule has 0 radical (unpaired) electrons. The second-order valence-corrected chi connectivity index (χ2v) is 6.63. The van der Waals surface area contributed by atoms with Gasteiger partial charge in [0.1, 0.15) is 0 Å². The van der Waals surface area contributed by atoms with Crippen molar-refractivity contribution in [2.24, 2.45) is 0 Å². The zero-order valence-electron chi connectivity index (χ0n) is 12.0. The van der Waals surface area contributed by atoms with Crippen LogP contribution < -0.4 is 5.32 Å². The van der Waals surface area contributed by atoms with E-state index in [0.29, 0.717) is 0 Å². The van der Waals surface area contributed by atoms with E-state index in [1.807, 2.05) is 23.3 Å². The molecule has 104 valence electrons. The Morgan fingerprint density at radius 1 is 1.37 bits per heavy atom. The van der Waals surface area contributed by atoms with Gasteiger partial charge in [-0.25, -0.2) is 4.98 Å². The van der Waals surface area contributed by atoms with Gasteiger partial charge in [0.2, 0.25) is 0 Å². The van der Waals surface area contributed by atoms with Crippen LogP contribution in [0.3, 0.4) is 0 Å². The number of nitrogens with one attached hydrogen (secondary N) is 1. The summed E-state index contributed by atoms with van der Waals surface area (Å²) < 4.78 is 1.90. The van der Waals surface area contributed by atoms with Crippen LogP contribution in [-0.4, -0.2) is 25.5 Å². The van der Waals surface area contributed by atoms with Crippen molar-refractivity contribution in [1.82, 2.24) is 25.3 Å². The first kappa shape index (κ1) is 14.1. The molecule has 0 bridgehead atoms. The molecule has 0 saturated carbocycles. The molecule has 0 saturated heterocycles. The van der Waals surface area contributed by atoms with E-state index in [0.717, 1.165) is 30.9 Å². The van der Waals surface area contributed by atoms with Crippen molar-refractivity contribution in [2.75, 3.05) is 0 Å². The molecule has 0 amide bonds. The summed E-state index contributed by atoms with van der Waals surface area (Å²) in [6.07, 6.45) is 2.97. The molecule has 2 aromatic heterocycles. The normalized spacial score (nSPS) is 12.0. The van der Waals surface area contributed by atoms with E-state index < -0.39 is 0 Å². The van der Waals surface area contributed by atoms with Gasteiger partial charge in [0.05, 0.1) is 16.9 Å². The third-order valence-corrected chi connectivity index (χ3v) is 3.79. The van der Waals surface area contributed by atoms with Gasteiger partial charge < -0.3 is 5.32 Å². The highest BCUT2D eigenvalue weighted by Gasteiger charge is 2.10. The monoisotopic (exact) mass is 279 g/mol. The van der Waals surface area contributed by atoms with Gasteiger partial charge in [-0.15, -0.1) is 16.4 Å². The lowest BCUT2D eigenvalue weighted by Crippen LogP contribution is -2.35. The van der Waals surface area contributed by atoms with Crippen molar-refractivity contribution in [1.29, 1.82) is 0 Å². The summed E-state index contributed by atoms with van der Waals surface area (Å²) in [5, 5.41) is 11.7. The lowest BCUT2D eigenvalue weighted by molar-refractivity contribution is 0.421. The summed E-state index contributed by atoms with van der Waals surface area (Å²) in [5.41, 5.74) is 4.10. The molecule has 2 heterocycles. The third-order valence-electron chi connectivity index (χ3n) is 2.80. The third kappa shape index (κ3) is 4.40. The van der Waals surface area contributed by atoms with E-state index in [1.165, 1.54) is 4.88 Å². The van der Waals surface area contributed by atoms with Gasteiger partial charge in [-0.05, 0) is 27.7 Å². The second kappa shape index (κ2) is 5.79. The largest absolute Gasteiger partial charge is 0.306 e. The second-order valence-electron chi connectivity index (χ2n) is 5.69. The highest BCUT2D eigenvalue weighted by Crippen LogP contribution is 2.13. The number of hydrogen-bond acceptors (Lipinski definition) is 5. The van der Waals surface area contributed by atoms with Crippen molar-refractivity contribution in [3.63, 3.8) is 0 Å². The molecule has 0 aliphatic rings. The standard InChI is InChI=1S/C13H21N5S/c1-10-12(19-9-14-10)5-6-18-8-11(16-17-18)7-15-13(2,3)4/h8-9,15H,5-7H2,1-4H3. The summed E-state index contributed by atoms with van der Waals surface area (Å²) in [6.45, 7) is 10.1. The van der Waals surface area contributed by atoms with E-state index in [-0.39, 0.29) is 5.54 Å². The van der Waals surface area contributed by atoms with Crippen LogP contribution >= 0.6 is 11.3 Å². The molecule has 0 spiro atoms. The molecular weight excluding hydrogens is 258 g/mol. The Morgan fingerprint density at radius 3 is 2.79 bits per heavy atom. The molecule has 0 fully saturated rings. The first-order valence-electron chi connectivity index (χ1n) is 6.47. The van der Waals surface area contributed by atoms with Crippen LogP contribution in [-0.2, 0) is 19.5 Å². The van der Waals surface area contributed by atoms with Crippen molar-refractivity contribution in [3.8, 4) is 0 Å².